The molecule has 26 heavy (non-hydrogen) atoms. The largest absolute Gasteiger partial charge is 0.463 e. The number of nitrogens with zero attached hydrogens (tertiary/aromatic N) is 2. The number of carbonyl (C=O) groups is 2. The minimum Gasteiger partial charge on any atom is -0.463 e. The summed E-state index contributed by atoms with van der Waals surface area (Å²) in [7, 11) is 0. The quantitative estimate of drug-likeness (QED) is 0.642. The van der Waals surface area contributed by atoms with Gasteiger partial charge in [0, 0.05) is 18.8 Å². The van der Waals surface area contributed by atoms with Crippen LogP contribution in [0.3, 0.4) is 0 Å². The molecule has 1 atom stereocenters. The monoisotopic (exact) mass is 361 g/mol. The summed E-state index contributed by atoms with van der Waals surface area (Å²) < 4.78 is 10.4. The van der Waals surface area contributed by atoms with Crippen molar-refractivity contribution in [3.05, 3.63) is 30.0 Å². The molecule has 1 amide bonds. The fourth-order valence-electron chi connectivity index (χ4n) is 2.59. The standard InChI is InChI=1S/C19H27N3O4/c1-5-25-17(23)9-7-14-6-8-16(21-12-14)22(15-10-11-20-13-15)18(24)26-19(2,3)4/h6-9,12,15,20H,5,10-11,13H2,1-4H3/t15-/m1/s1. The number of pyridine rings is 1. The molecule has 1 N–H and O–H groups in total. The molecule has 1 aliphatic heterocycles. The molecule has 142 valence electrons. The molecule has 0 saturated carbocycles. The van der Waals surface area contributed by atoms with Gasteiger partial charge in [0.25, 0.3) is 0 Å². The van der Waals surface area contributed by atoms with E-state index in [4.69, 9.17) is 9.47 Å². The first-order chi connectivity index (χ1) is 12.3. The highest BCUT2D eigenvalue weighted by atomic mass is 16.6. The molecule has 0 bridgehead atoms. The molecule has 0 radical (unpaired) electrons. The Kier molecular flexibility index (Phi) is 6.74. The molecule has 0 aromatic carbocycles. The van der Waals surface area contributed by atoms with Crippen LogP contribution in [-0.4, -0.2) is 48.4 Å². The molecule has 0 aliphatic carbocycles. The minimum atomic E-state index is -0.580. The van der Waals surface area contributed by atoms with Crippen molar-refractivity contribution in [2.45, 2.75) is 45.8 Å². The van der Waals surface area contributed by atoms with E-state index in [-0.39, 0.29) is 6.04 Å². The third-order valence-electron chi connectivity index (χ3n) is 3.71. The predicted molar refractivity (Wildman–Crippen MR) is 99.9 cm³/mol. The summed E-state index contributed by atoms with van der Waals surface area (Å²) in [5.74, 6) is 0.130. The number of carbonyl (C=O) groups excluding carboxylic acids is 2. The number of nitrogens with one attached hydrogen (secondary N) is 1. The van der Waals surface area contributed by atoms with E-state index in [9.17, 15) is 9.59 Å². The molecule has 1 saturated heterocycles. The average Bonchev–Trinajstić information content (AvgIpc) is 3.07. The van der Waals surface area contributed by atoms with Gasteiger partial charge in [-0.3, -0.25) is 4.90 Å². The summed E-state index contributed by atoms with van der Waals surface area (Å²) in [4.78, 5) is 30.1. The second-order valence-corrected chi connectivity index (χ2v) is 7.03. The molecular formula is C19H27N3O4. The number of aromatic nitrogens is 1. The zero-order valence-corrected chi connectivity index (χ0v) is 15.8. The Morgan fingerprint density at radius 2 is 2.15 bits per heavy atom. The number of anilines is 1. The summed E-state index contributed by atoms with van der Waals surface area (Å²) in [6, 6.07) is 3.56. The summed E-state index contributed by atoms with van der Waals surface area (Å²) in [6.45, 7) is 9.16. The van der Waals surface area contributed by atoms with Crippen LogP contribution in [0.5, 0.6) is 0 Å². The maximum atomic E-state index is 12.7. The zero-order chi connectivity index (χ0) is 19.2. The van der Waals surface area contributed by atoms with Crippen molar-refractivity contribution in [2.24, 2.45) is 0 Å². The van der Waals surface area contributed by atoms with Gasteiger partial charge in [-0.2, -0.15) is 0 Å². The maximum absolute atomic E-state index is 12.7. The van der Waals surface area contributed by atoms with Gasteiger partial charge in [-0.15, -0.1) is 0 Å². The molecule has 7 nitrogen and oxygen atoms in total. The van der Waals surface area contributed by atoms with Crippen molar-refractivity contribution >= 4 is 24.0 Å². The lowest BCUT2D eigenvalue weighted by molar-refractivity contribution is -0.137. The summed E-state index contributed by atoms with van der Waals surface area (Å²) in [6.07, 6.45) is 5.03. The van der Waals surface area contributed by atoms with Crippen LogP contribution in [0.1, 0.15) is 39.7 Å². The molecule has 1 fully saturated rings. The fourth-order valence-corrected chi connectivity index (χ4v) is 2.59. The first kappa shape index (κ1) is 19.9. The van der Waals surface area contributed by atoms with E-state index in [2.05, 4.69) is 10.3 Å². The highest BCUT2D eigenvalue weighted by Gasteiger charge is 2.32. The van der Waals surface area contributed by atoms with E-state index in [1.165, 1.54) is 6.08 Å². The first-order valence-electron chi connectivity index (χ1n) is 8.84. The second-order valence-electron chi connectivity index (χ2n) is 7.03. The molecular weight excluding hydrogens is 334 g/mol. The van der Waals surface area contributed by atoms with Crippen LogP contribution < -0.4 is 10.2 Å². The van der Waals surface area contributed by atoms with Crippen molar-refractivity contribution in [1.82, 2.24) is 10.3 Å². The van der Waals surface area contributed by atoms with Gasteiger partial charge in [-0.05, 0) is 64.4 Å². The molecule has 7 heteroatoms. The third kappa shape index (κ3) is 5.84. The Morgan fingerprint density at radius 3 is 2.69 bits per heavy atom. The Bertz CT molecular complexity index is 644. The maximum Gasteiger partial charge on any atom is 0.416 e. The van der Waals surface area contributed by atoms with Gasteiger partial charge in [0.15, 0.2) is 0 Å². The highest BCUT2D eigenvalue weighted by Crippen LogP contribution is 2.22. The summed E-state index contributed by atoms with van der Waals surface area (Å²) in [5.41, 5.74) is 0.166. The number of hydrogen-bond acceptors (Lipinski definition) is 6. The Hall–Kier alpha value is -2.41. The second kappa shape index (κ2) is 8.80. The van der Waals surface area contributed by atoms with Crippen molar-refractivity contribution < 1.29 is 19.1 Å². The average molecular weight is 361 g/mol. The molecule has 1 aromatic heterocycles. The van der Waals surface area contributed by atoms with Crippen molar-refractivity contribution in [3.8, 4) is 0 Å². The molecule has 0 spiro atoms. The Morgan fingerprint density at radius 1 is 1.38 bits per heavy atom. The van der Waals surface area contributed by atoms with Crippen LogP contribution in [0.4, 0.5) is 10.6 Å². The van der Waals surface area contributed by atoms with E-state index < -0.39 is 17.7 Å². The first-order valence-corrected chi connectivity index (χ1v) is 8.84. The fraction of sp³-hybridized carbons (Fsp3) is 0.526. The van der Waals surface area contributed by atoms with Crippen LogP contribution in [0.2, 0.25) is 0 Å². The SMILES string of the molecule is CCOC(=O)C=Cc1ccc(N(C(=O)OC(C)(C)C)[C@@H]2CCNC2)nc1. The van der Waals surface area contributed by atoms with Crippen LogP contribution in [-0.2, 0) is 14.3 Å². The van der Waals surface area contributed by atoms with Gasteiger partial charge >= 0.3 is 12.1 Å². The molecule has 1 aliphatic rings. The Balaban J connectivity index is 2.17. The lowest BCUT2D eigenvalue weighted by atomic mass is 10.2. The Labute approximate surface area is 154 Å². The molecule has 2 rings (SSSR count). The predicted octanol–water partition coefficient (Wildman–Crippen LogP) is 2.76. The number of hydrogen-bond donors (Lipinski definition) is 1. The van der Waals surface area contributed by atoms with Gasteiger partial charge < -0.3 is 14.8 Å². The van der Waals surface area contributed by atoms with E-state index in [1.54, 1.807) is 36.2 Å². The van der Waals surface area contributed by atoms with Crippen molar-refractivity contribution in [1.29, 1.82) is 0 Å². The number of rotatable bonds is 5. The van der Waals surface area contributed by atoms with Gasteiger partial charge in [-0.25, -0.2) is 14.6 Å². The zero-order valence-electron chi connectivity index (χ0n) is 15.8. The van der Waals surface area contributed by atoms with Crippen LogP contribution >= 0.6 is 0 Å². The number of esters is 1. The highest BCUT2D eigenvalue weighted by molar-refractivity contribution is 5.88. The summed E-state index contributed by atoms with van der Waals surface area (Å²) in [5, 5.41) is 3.26. The van der Waals surface area contributed by atoms with E-state index in [0.29, 0.717) is 19.0 Å². The third-order valence-corrected chi connectivity index (χ3v) is 3.71. The topological polar surface area (TPSA) is 80.8 Å². The van der Waals surface area contributed by atoms with E-state index >= 15 is 0 Å². The molecule has 2 heterocycles. The lowest BCUT2D eigenvalue weighted by Crippen LogP contribution is -2.45. The molecule has 1 aromatic rings. The lowest BCUT2D eigenvalue weighted by Gasteiger charge is -2.30. The van der Waals surface area contributed by atoms with Crippen LogP contribution in [0.25, 0.3) is 6.08 Å². The smallest absolute Gasteiger partial charge is 0.416 e. The van der Waals surface area contributed by atoms with E-state index in [1.807, 2.05) is 20.8 Å². The van der Waals surface area contributed by atoms with Gasteiger partial charge in [0.05, 0.1) is 12.6 Å². The minimum absolute atomic E-state index is 0.00160. The summed E-state index contributed by atoms with van der Waals surface area (Å²) >= 11 is 0. The molecule has 0 unspecified atom stereocenters. The normalized spacial score (nSPS) is 17.3. The van der Waals surface area contributed by atoms with Gasteiger partial charge in [-0.1, -0.05) is 0 Å². The van der Waals surface area contributed by atoms with Gasteiger partial charge in [0.1, 0.15) is 11.4 Å². The van der Waals surface area contributed by atoms with E-state index in [0.717, 1.165) is 18.5 Å². The van der Waals surface area contributed by atoms with Crippen molar-refractivity contribution in [3.63, 3.8) is 0 Å². The van der Waals surface area contributed by atoms with Gasteiger partial charge in [0.2, 0.25) is 0 Å². The van der Waals surface area contributed by atoms with Crippen LogP contribution in [0, 0.1) is 0 Å². The van der Waals surface area contributed by atoms with Crippen molar-refractivity contribution in [2.75, 3.05) is 24.6 Å². The number of ether oxygens (including phenoxy) is 2. The number of amides is 1. The van der Waals surface area contributed by atoms with Crippen LogP contribution in [0.15, 0.2) is 24.4 Å².